The fourth-order valence-electron chi connectivity index (χ4n) is 2.14. The summed E-state index contributed by atoms with van der Waals surface area (Å²) in [7, 11) is -12.5. The Hall–Kier alpha value is 1.28. The quantitative estimate of drug-likeness (QED) is 0.404. The summed E-state index contributed by atoms with van der Waals surface area (Å²) in [6.45, 7) is 25.8. The van der Waals surface area contributed by atoms with E-state index in [9.17, 15) is 0 Å². The zero-order valence-corrected chi connectivity index (χ0v) is 25.9. The molecule has 0 saturated carbocycles. The SMILES string of the molecule is C[SiH](O[SiH](O[SiH](C)O[Si](C)(C)C)O[SiH](C)O[Si](C)(C)C)O[Si](C)(C)C. The lowest BCUT2D eigenvalue weighted by atomic mass is 11.8. The second-order valence-corrected chi connectivity index (χ2v) is 31.8. The first-order chi connectivity index (χ1) is 11.0. The third-order valence-corrected chi connectivity index (χ3v) is 22.2. The molecule has 3 atom stereocenters. The molecule has 0 aromatic rings. The number of hydrogen-bond donors (Lipinski definition) is 0. The summed E-state index contributed by atoms with van der Waals surface area (Å²) < 4.78 is 36.9. The molecule has 0 aliphatic rings. The molecule has 0 radical (unpaired) electrons. The molecule has 13 heteroatoms. The van der Waals surface area contributed by atoms with Crippen molar-refractivity contribution >= 4 is 62.3 Å². The molecule has 0 spiro atoms. The van der Waals surface area contributed by atoms with Crippen LogP contribution in [0.5, 0.6) is 0 Å². The summed E-state index contributed by atoms with van der Waals surface area (Å²) in [6.07, 6.45) is 0. The second-order valence-electron chi connectivity index (χ2n) is 9.09. The standard InChI is InChI=1S/C12H40O6Si7/c1-19(16-23(4,5)6)13-22(14-20(2)17-24(7,8)9)15-21(3)18-25(10,11)12/h19-22H,1-12H3. The maximum absolute atomic E-state index is 6.18. The van der Waals surface area contributed by atoms with E-state index in [2.05, 4.69) is 78.6 Å². The predicted molar refractivity (Wildman–Crippen MR) is 123 cm³/mol. The van der Waals surface area contributed by atoms with Crippen LogP contribution in [0.4, 0.5) is 0 Å². The monoisotopic (exact) mass is 476 g/mol. The molecule has 0 fully saturated rings. The molecule has 0 bridgehead atoms. The van der Waals surface area contributed by atoms with Crippen LogP contribution < -0.4 is 0 Å². The fourth-order valence-corrected chi connectivity index (χ4v) is 22.5. The van der Waals surface area contributed by atoms with Crippen LogP contribution in [0.1, 0.15) is 0 Å². The van der Waals surface area contributed by atoms with Crippen LogP contribution in [0.25, 0.3) is 0 Å². The minimum absolute atomic E-state index is 1.62. The average molecular weight is 477 g/mol. The molecule has 3 unspecified atom stereocenters. The molecule has 6 nitrogen and oxygen atoms in total. The van der Waals surface area contributed by atoms with Crippen molar-refractivity contribution in [2.24, 2.45) is 0 Å². The van der Waals surface area contributed by atoms with Crippen molar-refractivity contribution in [3.05, 3.63) is 0 Å². The van der Waals surface area contributed by atoms with E-state index < -0.39 is 62.3 Å². The van der Waals surface area contributed by atoms with Gasteiger partial charge in [-0.05, 0) is 78.6 Å². The molecule has 0 rings (SSSR count). The molecule has 0 amide bonds. The van der Waals surface area contributed by atoms with E-state index in [0.717, 1.165) is 0 Å². The Labute approximate surface area is 165 Å². The zero-order valence-electron chi connectivity index (χ0n) is 18.3. The zero-order chi connectivity index (χ0) is 20.1. The third-order valence-electron chi connectivity index (χ3n) is 2.47. The van der Waals surface area contributed by atoms with E-state index in [1.54, 1.807) is 0 Å². The molecule has 0 N–H and O–H groups in total. The minimum atomic E-state index is -2.30. The molecule has 152 valence electrons. The summed E-state index contributed by atoms with van der Waals surface area (Å²) in [6, 6.07) is 0. The minimum Gasteiger partial charge on any atom is -0.439 e. The van der Waals surface area contributed by atoms with E-state index in [1.807, 2.05) is 0 Å². The summed E-state index contributed by atoms with van der Waals surface area (Å²) in [5, 5.41) is 0. The number of rotatable bonds is 12. The maximum atomic E-state index is 6.18. The molecular formula is C12H40O6Si7. The molecule has 0 aromatic heterocycles. The Morgan fingerprint density at radius 2 is 0.640 bits per heavy atom. The van der Waals surface area contributed by atoms with Gasteiger partial charge in [-0.15, -0.1) is 0 Å². The largest absolute Gasteiger partial charge is 0.456 e. The Kier molecular flexibility index (Phi) is 11.3. The molecule has 0 aromatic carbocycles. The summed E-state index contributed by atoms with van der Waals surface area (Å²) >= 11 is 0. The first-order valence-corrected chi connectivity index (χ1v) is 26.9. The van der Waals surface area contributed by atoms with Gasteiger partial charge in [0, 0.05) is 0 Å². The third kappa shape index (κ3) is 17.1. The van der Waals surface area contributed by atoms with Crippen LogP contribution in [0.15, 0.2) is 0 Å². The van der Waals surface area contributed by atoms with Crippen molar-refractivity contribution < 1.29 is 24.7 Å². The van der Waals surface area contributed by atoms with Crippen LogP contribution in [0.2, 0.25) is 78.6 Å². The van der Waals surface area contributed by atoms with E-state index >= 15 is 0 Å². The smallest absolute Gasteiger partial charge is 0.439 e. The lowest BCUT2D eigenvalue weighted by molar-refractivity contribution is 0.252. The number of hydrogen-bond acceptors (Lipinski definition) is 6. The van der Waals surface area contributed by atoms with Crippen LogP contribution in [-0.2, 0) is 24.7 Å². The van der Waals surface area contributed by atoms with Crippen molar-refractivity contribution in [3.63, 3.8) is 0 Å². The first-order valence-electron chi connectivity index (χ1n) is 8.97. The fraction of sp³-hybridized carbons (Fsp3) is 1.00. The lowest BCUT2D eigenvalue weighted by Crippen LogP contribution is -2.48. The van der Waals surface area contributed by atoms with Gasteiger partial charge in [-0.1, -0.05) is 0 Å². The highest BCUT2D eigenvalue weighted by molar-refractivity contribution is 6.80. The normalized spacial score (nSPS) is 18.7. The molecule has 0 aliphatic carbocycles. The Balaban J connectivity index is 4.86. The van der Waals surface area contributed by atoms with E-state index in [0.29, 0.717) is 0 Å². The summed E-state index contributed by atoms with van der Waals surface area (Å²) in [5.74, 6) is 0. The van der Waals surface area contributed by atoms with E-state index in [1.165, 1.54) is 0 Å². The Bertz CT molecular complexity index is 325. The van der Waals surface area contributed by atoms with Crippen molar-refractivity contribution in [1.29, 1.82) is 0 Å². The van der Waals surface area contributed by atoms with Gasteiger partial charge in [0.05, 0.1) is 0 Å². The molecular weight excluding hydrogens is 437 g/mol. The van der Waals surface area contributed by atoms with Gasteiger partial charge in [-0.2, -0.15) is 0 Å². The van der Waals surface area contributed by atoms with Gasteiger partial charge in [0.2, 0.25) is 0 Å². The predicted octanol–water partition coefficient (Wildman–Crippen LogP) is 2.86. The van der Waals surface area contributed by atoms with Crippen LogP contribution in [0, 0.1) is 0 Å². The van der Waals surface area contributed by atoms with Crippen molar-refractivity contribution in [2.45, 2.75) is 78.6 Å². The molecule has 25 heavy (non-hydrogen) atoms. The van der Waals surface area contributed by atoms with Gasteiger partial charge >= 0.3 is 9.53 Å². The van der Waals surface area contributed by atoms with Crippen LogP contribution in [-0.4, -0.2) is 62.3 Å². The van der Waals surface area contributed by atoms with Gasteiger partial charge in [0.15, 0.2) is 25.0 Å². The summed E-state index contributed by atoms with van der Waals surface area (Å²) in [5.41, 5.74) is 0. The second kappa shape index (κ2) is 10.7. The van der Waals surface area contributed by atoms with E-state index in [-0.39, 0.29) is 0 Å². The van der Waals surface area contributed by atoms with Crippen molar-refractivity contribution in [2.75, 3.05) is 0 Å². The lowest BCUT2D eigenvalue weighted by Gasteiger charge is -2.31. The van der Waals surface area contributed by atoms with E-state index in [4.69, 9.17) is 24.7 Å². The van der Waals surface area contributed by atoms with Gasteiger partial charge in [0.1, 0.15) is 0 Å². The van der Waals surface area contributed by atoms with Crippen LogP contribution >= 0.6 is 0 Å². The highest BCUT2D eigenvalue weighted by atomic mass is 28.5. The maximum Gasteiger partial charge on any atom is 0.456 e. The van der Waals surface area contributed by atoms with Gasteiger partial charge < -0.3 is 24.7 Å². The highest BCUT2D eigenvalue weighted by Crippen LogP contribution is 2.13. The van der Waals surface area contributed by atoms with Crippen molar-refractivity contribution in [3.8, 4) is 0 Å². The Morgan fingerprint density at radius 3 is 0.800 bits per heavy atom. The topological polar surface area (TPSA) is 55.4 Å². The molecule has 0 saturated heterocycles. The summed E-state index contributed by atoms with van der Waals surface area (Å²) in [4.78, 5) is 0. The van der Waals surface area contributed by atoms with Crippen molar-refractivity contribution in [1.82, 2.24) is 0 Å². The first kappa shape index (κ1) is 26.3. The van der Waals surface area contributed by atoms with Gasteiger partial charge in [0.25, 0.3) is 27.9 Å². The van der Waals surface area contributed by atoms with Crippen LogP contribution in [0.3, 0.4) is 0 Å². The van der Waals surface area contributed by atoms with Gasteiger partial charge in [-0.25, -0.2) is 0 Å². The molecule has 0 aliphatic heterocycles. The highest BCUT2D eigenvalue weighted by Gasteiger charge is 2.32. The van der Waals surface area contributed by atoms with Gasteiger partial charge in [-0.3, -0.25) is 0 Å². The molecule has 0 heterocycles. The Morgan fingerprint density at radius 1 is 0.440 bits per heavy atom. The average Bonchev–Trinajstić information content (AvgIpc) is 2.18.